The van der Waals surface area contributed by atoms with Gasteiger partial charge in [0.1, 0.15) is 11.4 Å². The molecule has 0 spiro atoms. The molecule has 6 heteroatoms. The molecule has 0 aliphatic carbocycles. The van der Waals surface area contributed by atoms with Crippen LogP contribution < -0.4 is 0 Å². The molecule has 5 nitrogen and oxygen atoms in total. The normalized spacial score (nSPS) is 11.3. The van der Waals surface area contributed by atoms with Crippen LogP contribution in [0.4, 0.5) is 0 Å². The zero-order valence-electron chi connectivity index (χ0n) is 13.1. The highest BCUT2D eigenvalue weighted by Gasteiger charge is 2.10. The number of rotatable bonds is 4. The largest absolute Gasteiger partial charge is 0.378 e. The Morgan fingerprint density at radius 1 is 1.39 bits per heavy atom. The molecule has 0 atom stereocenters. The second-order valence-corrected chi connectivity index (χ2v) is 6.83. The molecule has 0 saturated heterocycles. The Morgan fingerprint density at radius 3 is 3.00 bits per heavy atom. The molecule has 0 aromatic carbocycles. The van der Waals surface area contributed by atoms with Crippen molar-refractivity contribution in [3.05, 3.63) is 47.6 Å². The van der Waals surface area contributed by atoms with Gasteiger partial charge in [0.2, 0.25) is 0 Å². The summed E-state index contributed by atoms with van der Waals surface area (Å²) in [5.74, 6) is 6.78. The average Bonchev–Trinajstić information content (AvgIpc) is 3.22. The monoisotopic (exact) mass is 326 g/mol. The highest BCUT2D eigenvalue weighted by molar-refractivity contribution is 7.15. The predicted molar refractivity (Wildman–Crippen MR) is 91.0 cm³/mol. The summed E-state index contributed by atoms with van der Waals surface area (Å²) in [5.41, 5.74) is 0.125. The van der Waals surface area contributed by atoms with E-state index in [4.69, 9.17) is 0 Å². The van der Waals surface area contributed by atoms with E-state index in [1.807, 2.05) is 30.7 Å². The second kappa shape index (κ2) is 6.41. The predicted octanol–water partition coefficient (Wildman–Crippen LogP) is 2.70. The highest BCUT2D eigenvalue weighted by atomic mass is 32.1. The highest BCUT2D eigenvalue weighted by Crippen LogP contribution is 2.26. The third kappa shape index (κ3) is 4.09. The molecular formula is C17H18N4OS. The molecule has 3 rings (SSSR count). The summed E-state index contributed by atoms with van der Waals surface area (Å²) in [6.07, 6.45) is 8.20. The Labute approximate surface area is 139 Å². The lowest BCUT2D eigenvalue weighted by atomic mass is 10.1. The van der Waals surface area contributed by atoms with Gasteiger partial charge in [-0.05, 0) is 26.0 Å². The molecule has 0 saturated carbocycles. The lowest BCUT2D eigenvalue weighted by Gasteiger charge is -2.05. The molecule has 0 aliphatic rings. The smallest absolute Gasteiger partial charge is 0.150 e. The van der Waals surface area contributed by atoms with Crippen LogP contribution in [0.25, 0.3) is 10.7 Å². The van der Waals surface area contributed by atoms with Gasteiger partial charge in [-0.2, -0.15) is 0 Å². The van der Waals surface area contributed by atoms with Crippen LogP contribution in [0, 0.1) is 11.8 Å². The van der Waals surface area contributed by atoms with Gasteiger partial charge in [0.15, 0.2) is 0 Å². The first kappa shape index (κ1) is 15.5. The molecule has 118 valence electrons. The van der Waals surface area contributed by atoms with Gasteiger partial charge >= 0.3 is 0 Å². The first-order chi connectivity index (χ1) is 11.0. The third-order valence-corrected chi connectivity index (χ3v) is 4.21. The Bertz CT molecular complexity index is 828. The maximum Gasteiger partial charge on any atom is 0.150 e. The van der Waals surface area contributed by atoms with Crippen molar-refractivity contribution >= 4 is 11.3 Å². The topological polar surface area (TPSA) is 66.7 Å². The minimum absolute atomic E-state index is 0.833. The van der Waals surface area contributed by atoms with Gasteiger partial charge < -0.3 is 14.7 Å². The van der Waals surface area contributed by atoms with E-state index in [1.165, 1.54) is 0 Å². The summed E-state index contributed by atoms with van der Waals surface area (Å²) in [4.78, 5) is 13.6. The number of nitrogens with zero attached hydrogens (tertiary/aromatic N) is 3. The van der Waals surface area contributed by atoms with E-state index >= 15 is 0 Å². The van der Waals surface area contributed by atoms with Gasteiger partial charge in [-0.3, -0.25) is 0 Å². The van der Waals surface area contributed by atoms with Crippen molar-refractivity contribution < 1.29 is 5.11 Å². The van der Waals surface area contributed by atoms with Crippen LogP contribution in [-0.2, 0) is 13.0 Å². The Hall–Kier alpha value is -2.36. The number of aliphatic hydroxyl groups is 1. The van der Waals surface area contributed by atoms with E-state index in [0.717, 1.165) is 34.2 Å². The number of aryl methyl sites for hydroxylation is 2. The van der Waals surface area contributed by atoms with Crippen LogP contribution in [0.5, 0.6) is 0 Å². The zero-order valence-corrected chi connectivity index (χ0v) is 13.9. The van der Waals surface area contributed by atoms with Crippen molar-refractivity contribution in [2.45, 2.75) is 32.4 Å². The fourth-order valence-electron chi connectivity index (χ4n) is 2.12. The molecule has 0 unspecified atom stereocenters. The SMILES string of the molecule is CC(C)(O)C#Cc1ccc(-c2nccn2CCc2cnc[nH]2)s1. The van der Waals surface area contributed by atoms with Gasteiger partial charge in [0.25, 0.3) is 0 Å². The lowest BCUT2D eigenvalue weighted by Crippen LogP contribution is -2.14. The molecule has 0 radical (unpaired) electrons. The van der Waals surface area contributed by atoms with Gasteiger partial charge in [0.05, 0.1) is 16.1 Å². The molecule has 0 aliphatic heterocycles. The molecule has 0 amide bonds. The molecule has 3 aromatic rings. The summed E-state index contributed by atoms with van der Waals surface area (Å²) >= 11 is 1.58. The van der Waals surface area contributed by atoms with E-state index in [-0.39, 0.29) is 0 Å². The van der Waals surface area contributed by atoms with Crippen LogP contribution in [0.2, 0.25) is 0 Å². The van der Waals surface area contributed by atoms with E-state index in [2.05, 4.69) is 31.4 Å². The number of hydrogen-bond donors (Lipinski definition) is 2. The van der Waals surface area contributed by atoms with E-state index in [1.54, 1.807) is 31.5 Å². The van der Waals surface area contributed by atoms with Crippen molar-refractivity contribution in [3.63, 3.8) is 0 Å². The number of H-pyrrole nitrogens is 1. The molecular weight excluding hydrogens is 308 g/mol. The van der Waals surface area contributed by atoms with E-state index in [9.17, 15) is 5.11 Å². The molecule has 2 N–H and O–H groups in total. The number of hydrogen-bond acceptors (Lipinski definition) is 4. The first-order valence-corrected chi connectivity index (χ1v) is 8.17. The molecule has 23 heavy (non-hydrogen) atoms. The number of aromatic amines is 1. The number of imidazole rings is 2. The summed E-state index contributed by atoms with van der Waals surface area (Å²) in [7, 11) is 0. The minimum atomic E-state index is -0.979. The fourth-order valence-corrected chi connectivity index (χ4v) is 2.99. The number of nitrogens with one attached hydrogen (secondary N) is 1. The van der Waals surface area contributed by atoms with Crippen molar-refractivity contribution in [2.24, 2.45) is 0 Å². The van der Waals surface area contributed by atoms with Crippen LogP contribution in [0.3, 0.4) is 0 Å². The quantitative estimate of drug-likeness (QED) is 0.725. The third-order valence-electron chi connectivity index (χ3n) is 3.21. The van der Waals surface area contributed by atoms with E-state index in [0.29, 0.717) is 0 Å². The van der Waals surface area contributed by atoms with Gasteiger partial charge in [-0.15, -0.1) is 11.3 Å². The fraction of sp³-hybridized carbons (Fsp3) is 0.294. The summed E-state index contributed by atoms with van der Waals surface area (Å²) in [6.45, 7) is 4.19. The second-order valence-electron chi connectivity index (χ2n) is 5.74. The maximum absolute atomic E-state index is 9.68. The van der Waals surface area contributed by atoms with Crippen LogP contribution in [0.1, 0.15) is 24.4 Å². The Morgan fingerprint density at radius 2 is 2.26 bits per heavy atom. The van der Waals surface area contributed by atoms with E-state index < -0.39 is 5.60 Å². The number of aromatic nitrogens is 4. The molecule has 0 fully saturated rings. The minimum Gasteiger partial charge on any atom is -0.378 e. The van der Waals surface area contributed by atoms with Crippen molar-refractivity contribution in [2.75, 3.05) is 0 Å². The molecule has 3 aromatic heterocycles. The summed E-state index contributed by atoms with van der Waals surface area (Å²) < 4.78 is 2.12. The maximum atomic E-state index is 9.68. The summed E-state index contributed by atoms with van der Waals surface area (Å²) in [5, 5.41) is 9.68. The lowest BCUT2D eigenvalue weighted by molar-refractivity contribution is 0.143. The van der Waals surface area contributed by atoms with Gasteiger partial charge in [-0.1, -0.05) is 11.8 Å². The van der Waals surface area contributed by atoms with Crippen molar-refractivity contribution in [3.8, 4) is 22.5 Å². The van der Waals surface area contributed by atoms with Crippen molar-refractivity contribution in [1.29, 1.82) is 0 Å². The van der Waals surface area contributed by atoms with Crippen molar-refractivity contribution in [1.82, 2.24) is 19.5 Å². The van der Waals surface area contributed by atoms with Gasteiger partial charge in [-0.25, -0.2) is 9.97 Å². The molecule has 3 heterocycles. The Balaban J connectivity index is 1.76. The summed E-state index contributed by atoms with van der Waals surface area (Å²) in [6, 6.07) is 3.99. The standard InChI is InChI=1S/C17H18N4OS/c1-17(2,22)7-5-14-3-4-15(23-14)16-19-8-10-21(16)9-6-13-11-18-12-20-13/h3-4,8,10-12,22H,6,9H2,1-2H3,(H,18,20). The van der Waals surface area contributed by atoms with Gasteiger partial charge in [0, 0.05) is 37.3 Å². The first-order valence-electron chi connectivity index (χ1n) is 7.35. The molecule has 0 bridgehead atoms. The number of thiophene rings is 1. The zero-order chi connectivity index (χ0) is 16.3. The average molecular weight is 326 g/mol. The van der Waals surface area contributed by atoms with Crippen LogP contribution >= 0.6 is 11.3 Å². The van der Waals surface area contributed by atoms with Crippen LogP contribution in [-0.4, -0.2) is 30.2 Å². The van der Waals surface area contributed by atoms with Crippen LogP contribution in [0.15, 0.2) is 37.1 Å². The Kier molecular flexibility index (Phi) is 4.33.